The van der Waals surface area contributed by atoms with Gasteiger partial charge in [-0.15, -0.1) is 5.10 Å². The molecule has 0 saturated carbocycles. The quantitative estimate of drug-likeness (QED) is 0.879. The van der Waals surface area contributed by atoms with Crippen molar-refractivity contribution in [1.82, 2.24) is 5.43 Å². The average Bonchev–Trinajstić information content (AvgIpc) is 2.61. The second-order valence-electron chi connectivity index (χ2n) is 4.55. The van der Waals surface area contributed by atoms with Crippen molar-refractivity contribution in [2.45, 2.75) is 0 Å². The second kappa shape index (κ2) is 6.95. The number of hydrogen-bond donors (Lipinski definition) is 1. The average molecular weight is 309 g/mol. The summed E-state index contributed by atoms with van der Waals surface area (Å²) < 4.78 is 5.13. The number of benzene rings is 2. The highest BCUT2D eigenvalue weighted by molar-refractivity contribution is 8.16. The van der Waals surface area contributed by atoms with E-state index >= 15 is 0 Å². The van der Waals surface area contributed by atoms with E-state index < -0.39 is 0 Å². The summed E-state index contributed by atoms with van der Waals surface area (Å²) in [6.07, 6.45) is 1.79. The predicted octanol–water partition coefficient (Wildman–Crippen LogP) is 3.72. The summed E-state index contributed by atoms with van der Waals surface area (Å²) in [6.45, 7) is 0. The summed E-state index contributed by atoms with van der Waals surface area (Å²) in [4.78, 5) is 4.38. The molecule has 0 saturated heterocycles. The van der Waals surface area contributed by atoms with Crippen LogP contribution in [0.3, 0.4) is 0 Å². The van der Waals surface area contributed by atoms with Crippen molar-refractivity contribution >= 4 is 28.8 Å². The number of nitrogens with one attached hydrogen (secondary N) is 1. The van der Waals surface area contributed by atoms with Crippen LogP contribution in [0, 0.1) is 0 Å². The fourth-order valence-electron chi connectivity index (χ4n) is 1.90. The number of ether oxygens (including phenoxy) is 1. The minimum Gasteiger partial charge on any atom is -0.497 e. The first-order valence-electron chi connectivity index (χ1n) is 6.79. The van der Waals surface area contributed by atoms with E-state index in [1.165, 1.54) is 11.8 Å². The molecule has 110 valence electrons. The first kappa shape index (κ1) is 14.4. The first-order valence-corrected chi connectivity index (χ1v) is 7.67. The molecule has 1 aliphatic heterocycles. The molecule has 2 aromatic rings. The van der Waals surface area contributed by atoms with Crippen LogP contribution >= 0.6 is 11.8 Å². The number of nitrogens with zero attached hydrogens (tertiary/aromatic N) is 2. The van der Waals surface area contributed by atoms with Crippen LogP contribution in [0.5, 0.6) is 5.75 Å². The molecule has 0 bridgehead atoms. The lowest BCUT2D eigenvalue weighted by Crippen LogP contribution is -2.10. The number of rotatable bonds is 3. The molecule has 0 atom stereocenters. The molecule has 0 aromatic heterocycles. The van der Waals surface area contributed by atoms with Gasteiger partial charge in [0, 0.05) is 17.2 Å². The van der Waals surface area contributed by atoms with E-state index in [0.717, 1.165) is 22.6 Å². The monoisotopic (exact) mass is 309 g/mol. The normalized spacial score (nSPS) is 14.2. The van der Waals surface area contributed by atoms with Gasteiger partial charge in [-0.2, -0.15) is 0 Å². The van der Waals surface area contributed by atoms with E-state index in [1.54, 1.807) is 13.3 Å². The van der Waals surface area contributed by atoms with Gasteiger partial charge in [0.05, 0.1) is 12.8 Å². The first-order chi connectivity index (χ1) is 10.8. The van der Waals surface area contributed by atoms with Gasteiger partial charge in [-0.25, -0.2) is 4.99 Å². The summed E-state index contributed by atoms with van der Waals surface area (Å²) in [5, 5.41) is 6.97. The van der Waals surface area contributed by atoms with E-state index in [-0.39, 0.29) is 0 Å². The van der Waals surface area contributed by atoms with E-state index in [2.05, 4.69) is 15.5 Å². The maximum atomic E-state index is 5.13. The summed E-state index contributed by atoms with van der Waals surface area (Å²) in [5.41, 5.74) is 6.13. The maximum absolute atomic E-state index is 5.13. The Labute approximate surface area is 133 Å². The molecule has 2 aromatic carbocycles. The molecular weight excluding hydrogens is 294 g/mol. The Balaban J connectivity index is 1.63. The minimum absolute atomic E-state index is 0.676. The van der Waals surface area contributed by atoms with E-state index in [4.69, 9.17) is 4.74 Å². The SMILES string of the molecule is COc1ccc(C=NC2=NNC(c3ccccc3)=CS2)cc1. The van der Waals surface area contributed by atoms with Crippen LogP contribution in [0.1, 0.15) is 11.1 Å². The summed E-state index contributed by atoms with van der Waals surface area (Å²) in [5.74, 6) is 0.832. The second-order valence-corrected chi connectivity index (χ2v) is 5.39. The van der Waals surface area contributed by atoms with Crippen LogP contribution in [0.15, 0.2) is 70.1 Å². The number of methoxy groups -OCH3 is 1. The molecule has 0 amide bonds. The van der Waals surface area contributed by atoms with Gasteiger partial charge >= 0.3 is 0 Å². The van der Waals surface area contributed by atoms with Gasteiger partial charge in [0.25, 0.3) is 0 Å². The number of aliphatic imine (C=N–C) groups is 1. The molecule has 1 aliphatic rings. The largest absolute Gasteiger partial charge is 0.497 e. The van der Waals surface area contributed by atoms with Crippen molar-refractivity contribution in [2.24, 2.45) is 10.1 Å². The smallest absolute Gasteiger partial charge is 0.210 e. The van der Waals surface area contributed by atoms with E-state index in [1.807, 2.05) is 60.0 Å². The molecule has 1 N–H and O–H groups in total. The molecule has 0 radical (unpaired) electrons. The Morgan fingerprint density at radius 2 is 1.86 bits per heavy atom. The van der Waals surface area contributed by atoms with Gasteiger partial charge in [0.15, 0.2) is 0 Å². The minimum atomic E-state index is 0.676. The highest BCUT2D eigenvalue weighted by Gasteiger charge is 2.07. The van der Waals surface area contributed by atoms with Gasteiger partial charge in [-0.05, 0) is 29.8 Å². The maximum Gasteiger partial charge on any atom is 0.210 e. The fourth-order valence-corrected chi connectivity index (χ4v) is 2.53. The highest BCUT2D eigenvalue weighted by Crippen LogP contribution is 2.21. The zero-order valence-electron chi connectivity index (χ0n) is 12.1. The van der Waals surface area contributed by atoms with Crippen molar-refractivity contribution in [1.29, 1.82) is 0 Å². The molecule has 5 heteroatoms. The summed E-state index contributed by atoms with van der Waals surface area (Å²) >= 11 is 1.50. The number of amidine groups is 1. The zero-order chi connectivity index (χ0) is 15.2. The van der Waals surface area contributed by atoms with Crippen molar-refractivity contribution < 1.29 is 4.74 Å². The standard InChI is InChI=1S/C17H15N3OS/c1-21-15-9-7-13(8-10-15)11-18-17-20-19-16(12-22-17)14-5-3-2-4-6-14/h2-12,19H,1H3. The summed E-state index contributed by atoms with van der Waals surface area (Å²) in [6, 6.07) is 17.8. The molecule has 1 heterocycles. The molecule has 22 heavy (non-hydrogen) atoms. The Kier molecular flexibility index (Phi) is 4.56. The molecular formula is C17H15N3OS. The molecule has 4 nitrogen and oxygen atoms in total. The van der Waals surface area contributed by atoms with Crippen molar-refractivity contribution in [2.75, 3.05) is 7.11 Å². The lowest BCUT2D eigenvalue weighted by Gasteiger charge is -2.11. The van der Waals surface area contributed by atoms with Gasteiger partial charge in [-0.1, -0.05) is 42.1 Å². The molecule has 0 aliphatic carbocycles. The zero-order valence-corrected chi connectivity index (χ0v) is 12.9. The molecule has 0 unspecified atom stereocenters. The highest BCUT2D eigenvalue weighted by atomic mass is 32.2. The Bertz CT molecular complexity index is 721. The van der Waals surface area contributed by atoms with Crippen LogP contribution in [-0.2, 0) is 0 Å². The Morgan fingerprint density at radius 3 is 2.50 bits per heavy atom. The van der Waals surface area contributed by atoms with Crippen LogP contribution < -0.4 is 10.2 Å². The molecule has 0 fully saturated rings. The van der Waals surface area contributed by atoms with Crippen LogP contribution in [0.4, 0.5) is 0 Å². The van der Waals surface area contributed by atoms with Gasteiger partial charge < -0.3 is 4.74 Å². The Hall–Kier alpha value is -2.53. The fraction of sp³-hybridized carbons (Fsp3) is 0.0588. The van der Waals surface area contributed by atoms with Gasteiger partial charge in [0.1, 0.15) is 5.75 Å². The third-order valence-corrected chi connectivity index (χ3v) is 3.84. The predicted molar refractivity (Wildman–Crippen MR) is 93.2 cm³/mol. The third kappa shape index (κ3) is 3.56. The molecule has 0 spiro atoms. The number of hydrogen-bond acceptors (Lipinski definition) is 5. The van der Waals surface area contributed by atoms with Crippen LogP contribution in [-0.4, -0.2) is 18.5 Å². The number of hydrazone groups is 1. The van der Waals surface area contributed by atoms with E-state index in [9.17, 15) is 0 Å². The third-order valence-electron chi connectivity index (χ3n) is 3.08. The van der Waals surface area contributed by atoms with Crippen LogP contribution in [0.2, 0.25) is 0 Å². The van der Waals surface area contributed by atoms with E-state index in [0.29, 0.717) is 5.17 Å². The molecule has 3 rings (SSSR count). The van der Waals surface area contributed by atoms with Gasteiger partial charge in [0.2, 0.25) is 5.17 Å². The van der Waals surface area contributed by atoms with Crippen LogP contribution in [0.25, 0.3) is 5.70 Å². The topological polar surface area (TPSA) is 46.0 Å². The van der Waals surface area contributed by atoms with Crippen molar-refractivity contribution in [3.8, 4) is 5.75 Å². The lowest BCUT2D eigenvalue weighted by atomic mass is 10.2. The Morgan fingerprint density at radius 1 is 1.09 bits per heavy atom. The van der Waals surface area contributed by atoms with Crippen molar-refractivity contribution in [3.05, 3.63) is 71.1 Å². The lowest BCUT2D eigenvalue weighted by molar-refractivity contribution is 0.415. The summed E-state index contributed by atoms with van der Waals surface area (Å²) in [7, 11) is 1.65. The van der Waals surface area contributed by atoms with Gasteiger partial charge in [-0.3, -0.25) is 5.43 Å². The van der Waals surface area contributed by atoms with Crippen molar-refractivity contribution in [3.63, 3.8) is 0 Å². The number of thioether (sulfide) groups is 1.